The first-order valence-electron chi connectivity index (χ1n) is 7.78. The SMILES string of the molecule is C=Cc1ncc(-c2ccc(C(C)=O)cc2)n1N=C(C)C.CCC. The van der Waals surface area contributed by atoms with Gasteiger partial charge in [-0.2, -0.15) is 5.10 Å². The van der Waals surface area contributed by atoms with Crippen molar-refractivity contribution in [2.75, 3.05) is 0 Å². The third-order valence-corrected chi connectivity index (χ3v) is 2.83. The van der Waals surface area contributed by atoms with Crippen molar-refractivity contribution in [1.82, 2.24) is 9.66 Å². The lowest BCUT2D eigenvalue weighted by Gasteiger charge is -2.06. The van der Waals surface area contributed by atoms with Crippen molar-refractivity contribution >= 4 is 17.6 Å². The van der Waals surface area contributed by atoms with E-state index < -0.39 is 0 Å². The molecule has 0 unspecified atom stereocenters. The number of hydrogen-bond acceptors (Lipinski definition) is 3. The fraction of sp³-hybridized carbons (Fsp3) is 0.316. The first-order valence-corrected chi connectivity index (χ1v) is 7.78. The molecule has 0 aliphatic rings. The van der Waals surface area contributed by atoms with Gasteiger partial charge in [0.25, 0.3) is 0 Å². The van der Waals surface area contributed by atoms with Crippen LogP contribution in [0.4, 0.5) is 0 Å². The summed E-state index contributed by atoms with van der Waals surface area (Å²) in [5, 5.41) is 4.46. The molecular formula is C19H25N3O. The zero-order chi connectivity index (χ0) is 17.4. The Bertz CT molecular complexity index is 690. The predicted octanol–water partition coefficient (Wildman–Crippen LogP) is 5.06. The standard InChI is InChI=1S/C16H17N3O.C3H8/c1-5-16-17-10-15(19(16)18-11(2)3)14-8-6-13(7-9-14)12(4)20;1-3-2/h5-10H,1H2,2-4H3;3H2,1-2H3. The number of rotatable bonds is 4. The fourth-order valence-electron chi connectivity index (χ4n) is 1.88. The molecule has 0 radical (unpaired) electrons. The Hall–Kier alpha value is -2.49. The lowest BCUT2D eigenvalue weighted by atomic mass is 10.1. The number of ketones is 1. The van der Waals surface area contributed by atoms with Crippen LogP contribution in [0.25, 0.3) is 17.3 Å². The Morgan fingerprint density at radius 3 is 2.22 bits per heavy atom. The van der Waals surface area contributed by atoms with Crippen molar-refractivity contribution in [1.29, 1.82) is 0 Å². The Morgan fingerprint density at radius 2 is 1.78 bits per heavy atom. The Labute approximate surface area is 138 Å². The third-order valence-electron chi connectivity index (χ3n) is 2.83. The van der Waals surface area contributed by atoms with Gasteiger partial charge in [0, 0.05) is 16.8 Å². The van der Waals surface area contributed by atoms with Crippen LogP contribution in [0.15, 0.2) is 42.1 Å². The summed E-state index contributed by atoms with van der Waals surface area (Å²) in [6.07, 6.45) is 4.67. The normalized spacial score (nSPS) is 9.61. The number of carbonyl (C=O) groups is 1. The maximum Gasteiger partial charge on any atom is 0.159 e. The van der Waals surface area contributed by atoms with E-state index in [-0.39, 0.29) is 5.78 Å². The quantitative estimate of drug-likeness (QED) is 0.585. The summed E-state index contributed by atoms with van der Waals surface area (Å²) >= 11 is 0. The van der Waals surface area contributed by atoms with Gasteiger partial charge in [-0.1, -0.05) is 51.1 Å². The summed E-state index contributed by atoms with van der Waals surface area (Å²) in [7, 11) is 0. The van der Waals surface area contributed by atoms with Crippen molar-refractivity contribution in [2.45, 2.75) is 41.0 Å². The molecule has 1 aromatic carbocycles. The zero-order valence-electron chi connectivity index (χ0n) is 14.6. The van der Waals surface area contributed by atoms with Crippen molar-refractivity contribution in [3.05, 3.63) is 48.4 Å². The lowest BCUT2D eigenvalue weighted by Crippen LogP contribution is -1.99. The molecule has 0 saturated heterocycles. The number of benzene rings is 1. The summed E-state index contributed by atoms with van der Waals surface area (Å²) in [4.78, 5) is 15.6. The molecule has 0 N–H and O–H groups in total. The molecule has 4 heteroatoms. The summed E-state index contributed by atoms with van der Waals surface area (Å²) in [6, 6.07) is 7.42. The molecule has 0 aliphatic carbocycles. The molecule has 2 aromatic rings. The van der Waals surface area contributed by atoms with E-state index in [4.69, 9.17) is 0 Å². The molecule has 0 saturated carbocycles. The van der Waals surface area contributed by atoms with E-state index in [0.29, 0.717) is 11.4 Å². The van der Waals surface area contributed by atoms with E-state index >= 15 is 0 Å². The van der Waals surface area contributed by atoms with Gasteiger partial charge in [-0.3, -0.25) is 4.79 Å². The molecule has 0 atom stereocenters. The average Bonchev–Trinajstić information content (AvgIpc) is 2.90. The second kappa shape index (κ2) is 8.83. The smallest absolute Gasteiger partial charge is 0.159 e. The van der Waals surface area contributed by atoms with E-state index in [2.05, 4.69) is 30.5 Å². The fourth-order valence-corrected chi connectivity index (χ4v) is 1.88. The molecule has 0 bridgehead atoms. The topological polar surface area (TPSA) is 47.2 Å². The molecule has 0 aliphatic heterocycles. The summed E-state index contributed by atoms with van der Waals surface area (Å²) in [6.45, 7) is 13.4. The van der Waals surface area contributed by atoms with Crippen LogP contribution in [0.5, 0.6) is 0 Å². The van der Waals surface area contributed by atoms with Gasteiger partial charge in [0.1, 0.15) is 0 Å². The van der Waals surface area contributed by atoms with E-state index in [0.717, 1.165) is 17.0 Å². The Morgan fingerprint density at radius 1 is 1.22 bits per heavy atom. The molecule has 4 nitrogen and oxygen atoms in total. The van der Waals surface area contributed by atoms with Crippen molar-refractivity contribution in [3.63, 3.8) is 0 Å². The highest BCUT2D eigenvalue weighted by Crippen LogP contribution is 2.22. The largest absolute Gasteiger partial charge is 0.295 e. The van der Waals surface area contributed by atoms with Gasteiger partial charge < -0.3 is 0 Å². The molecule has 0 fully saturated rings. The van der Waals surface area contributed by atoms with E-state index in [1.807, 2.05) is 38.1 Å². The van der Waals surface area contributed by atoms with Crippen molar-refractivity contribution in [2.24, 2.45) is 5.10 Å². The van der Waals surface area contributed by atoms with Crippen LogP contribution < -0.4 is 0 Å². The highest BCUT2D eigenvalue weighted by molar-refractivity contribution is 5.94. The second-order valence-electron chi connectivity index (χ2n) is 5.41. The number of carbonyl (C=O) groups excluding carboxylic acids is 1. The number of aromatic nitrogens is 2. The molecule has 0 amide bonds. The lowest BCUT2D eigenvalue weighted by molar-refractivity contribution is 0.101. The number of Topliss-reactive ketones (excluding diaryl/α,β-unsaturated/α-hetero) is 1. The maximum atomic E-state index is 11.3. The molecule has 23 heavy (non-hydrogen) atoms. The number of imidazole rings is 1. The molecule has 1 aromatic heterocycles. The number of nitrogens with zero attached hydrogens (tertiary/aromatic N) is 3. The van der Waals surface area contributed by atoms with Gasteiger partial charge in [-0.25, -0.2) is 9.66 Å². The highest BCUT2D eigenvalue weighted by Gasteiger charge is 2.10. The predicted molar refractivity (Wildman–Crippen MR) is 97.9 cm³/mol. The van der Waals surface area contributed by atoms with E-state index in [9.17, 15) is 4.79 Å². The van der Waals surface area contributed by atoms with Gasteiger partial charge in [0.15, 0.2) is 11.6 Å². The first-order chi connectivity index (χ1) is 10.9. The third kappa shape index (κ3) is 5.02. The molecular weight excluding hydrogens is 286 g/mol. The minimum Gasteiger partial charge on any atom is -0.295 e. The minimum atomic E-state index is 0.0549. The van der Waals surface area contributed by atoms with Crippen LogP contribution in [0.3, 0.4) is 0 Å². The molecule has 122 valence electrons. The highest BCUT2D eigenvalue weighted by atomic mass is 16.1. The molecule has 0 spiro atoms. The van der Waals surface area contributed by atoms with E-state index in [1.54, 1.807) is 23.9 Å². The zero-order valence-corrected chi connectivity index (χ0v) is 14.6. The van der Waals surface area contributed by atoms with Crippen molar-refractivity contribution < 1.29 is 4.79 Å². The minimum absolute atomic E-state index is 0.0549. The van der Waals surface area contributed by atoms with Gasteiger partial charge in [0.2, 0.25) is 0 Å². The Kier molecular flexibility index (Phi) is 7.13. The van der Waals surface area contributed by atoms with Crippen LogP contribution >= 0.6 is 0 Å². The maximum absolute atomic E-state index is 11.3. The van der Waals surface area contributed by atoms with Crippen LogP contribution in [-0.4, -0.2) is 21.2 Å². The van der Waals surface area contributed by atoms with Crippen LogP contribution in [0.2, 0.25) is 0 Å². The molecule has 1 heterocycles. The first kappa shape index (κ1) is 18.6. The second-order valence-corrected chi connectivity index (χ2v) is 5.41. The summed E-state index contributed by atoms with van der Waals surface area (Å²) in [5.41, 5.74) is 3.45. The summed E-state index contributed by atoms with van der Waals surface area (Å²) < 4.78 is 1.76. The summed E-state index contributed by atoms with van der Waals surface area (Å²) in [5.74, 6) is 0.746. The van der Waals surface area contributed by atoms with Gasteiger partial charge in [0.05, 0.1) is 11.9 Å². The van der Waals surface area contributed by atoms with Crippen LogP contribution in [0.1, 0.15) is 57.2 Å². The molecule has 2 rings (SSSR count). The van der Waals surface area contributed by atoms with Crippen LogP contribution in [-0.2, 0) is 0 Å². The van der Waals surface area contributed by atoms with Gasteiger partial charge >= 0.3 is 0 Å². The monoisotopic (exact) mass is 311 g/mol. The van der Waals surface area contributed by atoms with Crippen LogP contribution in [0, 0.1) is 0 Å². The van der Waals surface area contributed by atoms with Gasteiger partial charge in [-0.05, 0) is 26.8 Å². The number of hydrogen-bond donors (Lipinski definition) is 0. The Balaban J connectivity index is 0.000000816. The van der Waals surface area contributed by atoms with E-state index in [1.165, 1.54) is 6.42 Å². The van der Waals surface area contributed by atoms with Crippen molar-refractivity contribution in [3.8, 4) is 11.3 Å². The van der Waals surface area contributed by atoms with Gasteiger partial charge in [-0.15, -0.1) is 0 Å². The average molecular weight is 311 g/mol.